The third-order valence-corrected chi connectivity index (χ3v) is 6.12. The Kier molecular flexibility index (Phi) is 3.93. The van der Waals surface area contributed by atoms with Crippen LogP contribution in [0.1, 0.15) is 46.6 Å². The maximum atomic E-state index is 12.7. The van der Waals surface area contributed by atoms with Crippen LogP contribution in [0.5, 0.6) is 0 Å². The van der Waals surface area contributed by atoms with Crippen molar-refractivity contribution in [3.63, 3.8) is 0 Å². The second-order valence-corrected chi connectivity index (χ2v) is 8.01. The van der Waals surface area contributed by atoms with Gasteiger partial charge >= 0.3 is 0 Å². The summed E-state index contributed by atoms with van der Waals surface area (Å²) in [5, 5.41) is 7.71. The van der Waals surface area contributed by atoms with Crippen LogP contribution >= 0.6 is 11.3 Å². The Morgan fingerprint density at radius 1 is 1.25 bits per heavy atom. The smallest absolute Gasteiger partial charge is 0.256 e. The highest BCUT2D eigenvalue weighted by Crippen LogP contribution is 2.41. The van der Waals surface area contributed by atoms with E-state index in [0.717, 1.165) is 40.5 Å². The van der Waals surface area contributed by atoms with E-state index in [2.05, 4.69) is 42.7 Å². The number of hydrogen-bond acceptors (Lipinski definition) is 3. The van der Waals surface area contributed by atoms with Crippen molar-refractivity contribution >= 4 is 28.3 Å². The normalized spacial score (nSPS) is 23.1. The topological polar surface area (TPSA) is 41.1 Å². The number of fused-ring (bicyclic) bond motifs is 3. The van der Waals surface area contributed by atoms with Gasteiger partial charge in [-0.1, -0.05) is 43.3 Å². The summed E-state index contributed by atoms with van der Waals surface area (Å²) in [6.07, 6.45) is 5.30. The molecule has 2 atom stereocenters. The summed E-state index contributed by atoms with van der Waals surface area (Å²) in [7, 11) is 0. The fraction of sp³-hybridized carbons (Fsp3) is 0.350. The average molecular weight is 338 g/mol. The van der Waals surface area contributed by atoms with Crippen molar-refractivity contribution in [2.75, 3.05) is 5.32 Å². The number of thiophene rings is 1. The number of amides is 1. The lowest BCUT2D eigenvalue weighted by Gasteiger charge is -2.27. The van der Waals surface area contributed by atoms with Gasteiger partial charge in [-0.3, -0.25) is 4.79 Å². The zero-order valence-corrected chi connectivity index (χ0v) is 14.9. The molecule has 2 N–H and O–H groups in total. The fourth-order valence-corrected chi connectivity index (χ4v) is 5.02. The van der Waals surface area contributed by atoms with Gasteiger partial charge in [0.05, 0.1) is 5.56 Å². The lowest BCUT2D eigenvalue weighted by molar-refractivity contribution is 0.0941. The largest absolute Gasteiger partial charge is 0.353 e. The summed E-state index contributed by atoms with van der Waals surface area (Å²) in [5.74, 6) is 0.790. The molecule has 2 aliphatic rings. The van der Waals surface area contributed by atoms with Gasteiger partial charge in [-0.15, -0.1) is 11.3 Å². The van der Waals surface area contributed by atoms with Crippen molar-refractivity contribution < 1.29 is 4.79 Å². The minimum Gasteiger partial charge on any atom is -0.353 e. The molecule has 0 fully saturated rings. The lowest BCUT2D eigenvalue weighted by Crippen LogP contribution is -2.45. The van der Waals surface area contributed by atoms with Gasteiger partial charge in [0.2, 0.25) is 0 Å². The van der Waals surface area contributed by atoms with Crippen LogP contribution in [-0.2, 0) is 12.8 Å². The monoisotopic (exact) mass is 338 g/mol. The van der Waals surface area contributed by atoms with Crippen molar-refractivity contribution in [3.05, 3.63) is 57.5 Å². The molecule has 3 nitrogen and oxygen atoms in total. The van der Waals surface area contributed by atoms with Gasteiger partial charge in [-0.25, -0.2) is 0 Å². The van der Waals surface area contributed by atoms with Gasteiger partial charge in [-0.05, 0) is 48.8 Å². The average Bonchev–Trinajstić information content (AvgIpc) is 2.93. The van der Waals surface area contributed by atoms with Crippen molar-refractivity contribution in [2.45, 2.75) is 39.3 Å². The Hall–Kier alpha value is -2.07. The molecule has 4 rings (SSSR count). The molecule has 124 valence electrons. The summed E-state index contributed by atoms with van der Waals surface area (Å²) in [6, 6.07) is 10.2. The first kappa shape index (κ1) is 15.5. The highest BCUT2D eigenvalue weighted by atomic mass is 32.1. The molecule has 1 aliphatic heterocycles. The van der Waals surface area contributed by atoms with E-state index in [1.54, 1.807) is 11.3 Å². The second kappa shape index (κ2) is 6.10. The van der Waals surface area contributed by atoms with Crippen LogP contribution < -0.4 is 10.6 Å². The van der Waals surface area contributed by atoms with Crippen LogP contribution in [-0.4, -0.2) is 12.1 Å². The van der Waals surface area contributed by atoms with E-state index in [-0.39, 0.29) is 12.1 Å². The molecule has 0 spiro atoms. The van der Waals surface area contributed by atoms with Crippen molar-refractivity contribution in [3.8, 4) is 0 Å². The molecule has 0 bridgehead atoms. The summed E-state index contributed by atoms with van der Waals surface area (Å²) < 4.78 is 0. The first-order chi connectivity index (χ1) is 11.6. The molecule has 0 saturated carbocycles. The lowest BCUT2D eigenvalue weighted by atomic mass is 9.88. The number of carbonyl (C=O) groups excluding carboxylic acids is 1. The highest BCUT2D eigenvalue weighted by molar-refractivity contribution is 7.16. The fourth-order valence-electron chi connectivity index (χ4n) is 3.59. The Labute approximate surface area is 146 Å². The van der Waals surface area contributed by atoms with Gasteiger partial charge in [0.25, 0.3) is 5.91 Å². The van der Waals surface area contributed by atoms with E-state index in [1.807, 2.05) is 18.2 Å². The first-order valence-electron chi connectivity index (χ1n) is 8.57. The molecule has 1 aromatic carbocycles. The minimum absolute atomic E-state index is 0.0709. The second-order valence-electron chi connectivity index (χ2n) is 6.91. The van der Waals surface area contributed by atoms with E-state index in [9.17, 15) is 4.79 Å². The van der Waals surface area contributed by atoms with Gasteiger partial charge in [-0.2, -0.15) is 0 Å². The molecule has 24 heavy (non-hydrogen) atoms. The zero-order valence-electron chi connectivity index (χ0n) is 14.1. The number of hydrogen-bond donors (Lipinski definition) is 2. The van der Waals surface area contributed by atoms with Crippen LogP contribution in [0.3, 0.4) is 0 Å². The van der Waals surface area contributed by atoms with Gasteiger partial charge in [0, 0.05) is 4.88 Å². The summed E-state index contributed by atoms with van der Waals surface area (Å²) in [6.45, 7) is 4.36. The Balaban J connectivity index is 1.63. The van der Waals surface area contributed by atoms with Crippen molar-refractivity contribution in [1.29, 1.82) is 0 Å². The van der Waals surface area contributed by atoms with Crippen molar-refractivity contribution in [2.24, 2.45) is 5.92 Å². The molecule has 1 aromatic heterocycles. The van der Waals surface area contributed by atoms with Gasteiger partial charge in [0.15, 0.2) is 0 Å². The predicted octanol–water partition coefficient (Wildman–Crippen LogP) is 4.46. The third-order valence-electron chi connectivity index (χ3n) is 4.94. The van der Waals surface area contributed by atoms with Gasteiger partial charge in [0.1, 0.15) is 11.2 Å². The quantitative estimate of drug-likeness (QED) is 0.849. The Morgan fingerprint density at radius 2 is 2.04 bits per heavy atom. The van der Waals surface area contributed by atoms with Crippen LogP contribution in [0, 0.1) is 5.92 Å². The molecular formula is C20H22N2OS. The van der Waals surface area contributed by atoms with E-state index >= 15 is 0 Å². The van der Waals surface area contributed by atoms with Crippen LogP contribution in [0.2, 0.25) is 0 Å². The number of rotatable bonds is 2. The summed E-state index contributed by atoms with van der Waals surface area (Å²) in [5.41, 5.74) is 4.43. The molecule has 0 saturated heterocycles. The zero-order chi connectivity index (χ0) is 16.7. The minimum atomic E-state index is -0.136. The Bertz CT molecular complexity index is 807. The van der Waals surface area contributed by atoms with Gasteiger partial charge < -0.3 is 10.6 Å². The molecular weight excluding hydrogens is 316 g/mol. The highest BCUT2D eigenvalue weighted by Gasteiger charge is 2.32. The number of carbonyl (C=O) groups is 1. The number of benzene rings is 1. The first-order valence-corrected chi connectivity index (χ1v) is 9.38. The predicted molar refractivity (Wildman–Crippen MR) is 100 cm³/mol. The molecule has 2 aromatic rings. The van der Waals surface area contributed by atoms with Crippen LogP contribution in [0.4, 0.5) is 5.00 Å². The molecule has 2 unspecified atom stereocenters. The summed E-state index contributed by atoms with van der Waals surface area (Å²) >= 11 is 1.77. The van der Waals surface area contributed by atoms with E-state index in [4.69, 9.17) is 0 Å². The van der Waals surface area contributed by atoms with Crippen LogP contribution in [0.15, 0.2) is 35.9 Å². The standard InChI is InChI=1S/C20H22N2OS/c1-12-8-9-15-16(10-12)24-20-17(15)19(23)21-18(22-20)13(2)11-14-6-4-3-5-7-14/h3-7,11-12,18,22H,8-10H2,1-2H3,(H,21,23). The molecule has 0 radical (unpaired) electrons. The van der Waals surface area contributed by atoms with E-state index < -0.39 is 0 Å². The number of nitrogens with one attached hydrogen (secondary N) is 2. The molecule has 4 heteroatoms. The van der Waals surface area contributed by atoms with Crippen LogP contribution in [0.25, 0.3) is 6.08 Å². The molecule has 1 amide bonds. The SMILES string of the molecule is CC(=Cc1ccccc1)C1NC(=O)c2c(sc3c2CCC(C)C3)N1. The van der Waals surface area contributed by atoms with Crippen molar-refractivity contribution in [1.82, 2.24) is 5.32 Å². The summed E-state index contributed by atoms with van der Waals surface area (Å²) in [4.78, 5) is 14.1. The maximum absolute atomic E-state index is 12.7. The van der Waals surface area contributed by atoms with E-state index in [1.165, 1.54) is 16.9 Å². The molecule has 1 aliphatic carbocycles. The third kappa shape index (κ3) is 2.75. The van der Waals surface area contributed by atoms with E-state index in [0.29, 0.717) is 0 Å². The maximum Gasteiger partial charge on any atom is 0.256 e. The Morgan fingerprint density at radius 3 is 2.83 bits per heavy atom. The molecule has 2 heterocycles. The number of anilines is 1.